The number of hydrogen-bond acceptors (Lipinski definition) is 4. The molecule has 0 spiro atoms. The largest absolute Gasteiger partial charge is 0.377 e. The van der Waals surface area contributed by atoms with Crippen LogP contribution in [-0.2, 0) is 24.3 Å². The number of amides is 1. The normalized spacial score (nSPS) is 13.7. The maximum atomic E-state index is 13.8. The summed E-state index contributed by atoms with van der Waals surface area (Å²) in [6, 6.07) is 1.41. The molecule has 0 N–H and O–H groups in total. The first-order valence-corrected chi connectivity index (χ1v) is 7.62. The van der Waals surface area contributed by atoms with Crippen molar-refractivity contribution < 1.29 is 13.9 Å². The summed E-state index contributed by atoms with van der Waals surface area (Å²) in [6.45, 7) is 4.11. The van der Waals surface area contributed by atoms with E-state index in [4.69, 9.17) is 4.74 Å². The Hall–Kier alpha value is -2.34. The third-order valence-electron chi connectivity index (χ3n) is 3.98. The Morgan fingerprint density at radius 1 is 1.35 bits per heavy atom. The van der Waals surface area contributed by atoms with Gasteiger partial charge in [-0.15, -0.1) is 0 Å². The monoisotopic (exact) mass is 315 g/mol. The summed E-state index contributed by atoms with van der Waals surface area (Å²) in [5, 5.41) is 0. The van der Waals surface area contributed by atoms with Crippen LogP contribution in [0.2, 0.25) is 0 Å². The van der Waals surface area contributed by atoms with Crippen LogP contribution in [0.25, 0.3) is 0 Å². The fourth-order valence-corrected chi connectivity index (χ4v) is 2.80. The average Bonchev–Trinajstić information content (AvgIpc) is 2.59. The summed E-state index contributed by atoms with van der Waals surface area (Å²) in [5.74, 6) is -0.905. The van der Waals surface area contributed by atoms with Gasteiger partial charge in [0.05, 0.1) is 18.4 Å². The molecule has 2 aromatic heterocycles. The van der Waals surface area contributed by atoms with E-state index >= 15 is 0 Å². The molecule has 3 rings (SSSR count). The fraction of sp³-hybridized carbons (Fsp3) is 0.353. The summed E-state index contributed by atoms with van der Waals surface area (Å²) in [4.78, 5) is 22.1. The summed E-state index contributed by atoms with van der Waals surface area (Å²) in [6.07, 6.45) is 6.79. The number of aromatic nitrogens is 2. The number of carbonyl (C=O) groups excluding carboxylic acids is 1. The average molecular weight is 315 g/mol. The van der Waals surface area contributed by atoms with Gasteiger partial charge >= 0.3 is 0 Å². The van der Waals surface area contributed by atoms with Gasteiger partial charge in [-0.05, 0) is 36.1 Å². The van der Waals surface area contributed by atoms with Gasteiger partial charge in [-0.3, -0.25) is 14.8 Å². The lowest BCUT2D eigenvalue weighted by Crippen LogP contribution is -2.37. The lowest BCUT2D eigenvalue weighted by Gasteiger charge is -2.30. The molecule has 0 saturated carbocycles. The quantitative estimate of drug-likeness (QED) is 0.869. The Bertz CT molecular complexity index is 721. The highest BCUT2D eigenvalue weighted by molar-refractivity contribution is 5.94. The number of rotatable bonds is 4. The van der Waals surface area contributed by atoms with Gasteiger partial charge in [-0.1, -0.05) is 0 Å². The van der Waals surface area contributed by atoms with Gasteiger partial charge in [-0.25, -0.2) is 4.39 Å². The van der Waals surface area contributed by atoms with Crippen LogP contribution in [0.1, 0.15) is 34.0 Å². The molecule has 1 amide bonds. The zero-order chi connectivity index (χ0) is 16.2. The number of fused-ring (bicyclic) bond motifs is 1. The van der Waals surface area contributed by atoms with Crippen LogP contribution >= 0.6 is 0 Å². The van der Waals surface area contributed by atoms with Gasteiger partial charge in [0.2, 0.25) is 0 Å². The lowest BCUT2D eigenvalue weighted by atomic mass is 9.97. The number of hydrogen-bond donors (Lipinski definition) is 0. The molecular weight excluding hydrogens is 297 g/mol. The van der Waals surface area contributed by atoms with Gasteiger partial charge < -0.3 is 9.64 Å². The molecule has 0 bridgehead atoms. The molecule has 6 heteroatoms. The summed E-state index contributed by atoms with van der Waals surface area (Å²) in [7, 11) is 0. The molecule has 23 heavy (non-hydrogen) atoms. The highest BCUT2D eigenvalue weighted by Crippen LogP contribution is 2.23. The Balaban J connectivity index is 1.81. The van der Waals surface area contributed by atoms with E-state index in [0.29, 0.717) is 26.3 Å². The minimum Gasteiger partial charge on any atom is -0.377 e. The molecule has 120 valence electrons. The molecule has 1 aliphatic rings. The van der Waals surface area contributed by atoms with Crippen LogP contribution in [-0.4, -0.2) is 33.9 Å². The number of carbonyl (C=O) groups is 1. The van der Waals surface area contributed by atoms with E-state index < -0.39 is 5.82 Å². The summed E-state index contributed by atoms with van der Waals surface area (Å²) in [5.41, 5.74) is 3.30. The second-order valence-corrected chi connectivity index (χ2v) is 5.41. The Labute approximate surface area is 134 Å². The van der Waals surface area contributed by atoms with Crippen LogP contribution in [0, 0.1) is 5.82 Å². The van der Waals surface area contributed by atoms with E-state index in [1.54, 1.807) is 11.1 Å². The van der Waals surface area contributed by atoms with Gasteiger partial charge in [0, 0.05) is 38.3 Å². The van der Waals surface area contributed by atoms with Gasteiger partial charge in [0.25, 0.3) is 5.91 Å². The molecule has 1 aliphatic heterocycles. The molecule has 0 atom stereocenters. The second kappa shape index (κ2) is 6.83. The van der Waals surface area contributed by atoms with Crippen LogP contribution in [0.4, 0.5) is 4.39 Å². The smallest absolute Gasteiger partial charge is 0.257 e. The number of nitrogens with zero attached hydrogens (tertiary/aromatic N) is 3. The molecule has 5 nitrogen and oxygen atoms in total. The molecular formula is C17H18FN3O2. The van der Waals surface area contributed by atoms with Gasteiger partial charge in [0.1, 0.15) is 0 Å². The Morgan fingerprint density at radius 2 is 2.22 bits per heavy atom. The molecule has 2 aromatic rings. The maximum Gasteiger partial charge on any atom is 0.257 e. The van der Waals surface area contributed by atoms with Crippen molar-refractivity contribution in [3.05, 3.63) is 58.9 Å². The van der Waals surface area contributed by atoms with Crippen molar-refractivity contribution in [3.63, 3.8) is 0 Å². The first-order valence-electron chi connectivity index (χ1n) is 7.62. The fourth-order valence-electron chi connectivity index (χ4n) is 2.80. The topological polar surface area (TPSA) is 55.3 Å². The van der Waals surface area contributed by atoms with Crippen LogP contribution < -0.4 is 0 Å². The van der Waals surface area contributed by atoms with Gasteiger partial charge in [0.15, 0.2) is 5.82 Å². The number of halogens is 1. The molecule has 0 unspecified atom stereocenters. The van der Waals surface area contributed by atoms with E-state index in [0.717, 1.165) is 23.7 Å². The van der Waals surface area contributed by atoms with Crippen molar-refractivity contribution in [2.24, 2.45) is 0 Å². The van der Waals surface area contributed by atoms with Crippen molar-refractivity contribution in [2.75, 3.05) is 13.2 Å². The Morgan fingerprint density at radius 3 is 3.00 bits per heavy atom. The first kappa shape index (κ1) is 15.6. The van der Waals surface area contributed by atoms with Crippen LogP contribution in [0.15, 0.2) is 30.9 Å². The minimum absolute atomic E-state index is 0.0573. The first-order chi connectivity index (χ1) is 11.2. The third kappa shape index (κ3) is 3.22. The summed E-state index contributed by atoms with van der Waals surface area (Å²) < 4.78 is 19.2. The number of pyridine rings is 2. The molecule has 3 heterocycles. The lowest BCUT2D eigenvalue weighted by molar-refractivity contribution is 0.0728. The predicted octanol–water partition coefficient (Wildman–Crippen LogP) is 2.35. The van der Waals surface area contributed by atoms with E-state index in [-0.39, 0.29) is 11.5 Å². The maximum absolute atomic E-state index is 13.8. The minimum atomic E-state index is -0.591. The third-order valence-corrected chi connectivity index (χ3v) is 3.98. The van der Waals surface area contributed by atoms with Crippen molar-refractivity contribution in [1.29, 1.82) is 0 Å². The molecule has 0 fully saturated rings. The second-order valence-electron chi connectivity index (χ2n) is 5.41. The molecule has 0 saturated heterocycles. The highest BCUT2D eigenvalue weighted by Gasteiger charge is 2.25. The van der Waals surface area contributed by atoms with Crippen LogP contribution in [0.5, 0.6) is 0 Å². The standard InChI is InChI=1S/C17H18FN3O2/c1-2-23-11-13-8-20-7-12-10-21(6-4-14(12)13)17(22)15-3-5-19-9-16(15)18/h3,5,7-9H,2,4,6,10-11H2,1H3. The van der Waals surface area contributed by atoms with E-state index in [9.17, 15) is 9.18 Å². The van der Waals surface area contributed by atoms with Crippen molar-refractivity contribution in [3.8, 4) is 0 Å². The van der Waals surface area contributed by atoms with Crippen molar-refractivity contribution >= 4 is 5.91 Å². The molecule has 0 aromatic carbocycles. The molecule has 0 aliphatic carbocycles. The SMILES string of the molecule is CCOCc1cncc2c1CCN(C(=O)c1ccncc1F)C2. The van der Waals surface area contributed by atoms with Gasteiger partial charge in [-0.2, -0.15) is 0 Å². The van der Waals surface area contributed by atoms with E-state index in [1.165, 1.54) is 17.8 Å². The van der Waals surface area contributed by atoms with Crippen LogP contribution in [0.3, 0.4) is 0 Å². The number of ether oxygens (including phenoxy) is 1. The van der Waals surface area contributed by atoms with Crippen molar-refractivity contribution in [1.82, 2.24) is 14.9 Å². The van der Waals surface area contributed by atoms with E-state index in [1.807, 2.05) is 13.1 Å². The van der Waals surface area contributed by atoms with E-state index in [2.05, 4.69) is 9.97 Å². The summed E-state index contributed by atoms with van der Waals surface area (Å²) >= 11 is 0. The molecule has 0 radical (unpaired) electrons. The predicted molar refractivity (Wildman–Crippen MR) is 82.2 cm³/mol. The highest BCUT2D eigenvalue weighted by atomic mass is 19.1. The zero-order valence-electron chi connectivity index (χ0n) is 13.0. The Kier molecular flexibility index (Phi) is 4.62. The van der Waals surface area contributed by atoms with Crippen molar-refractivity contribution in [2.45, 2.75) is 26.5 Å². The zero-order valence-corrected chi connectivity index (χ0v) is 13.0.